The van der Waals surface area contributed by atoms with Crippen molar-refractivity contribution in [3.05, 3.63) is 66.2 Å². The third-order valence-electron chi connectivity index (χ3n) is 3.86. The molecule has 3 aromatic heterocycles. The summed E-state index contributed by atoms with van der Waals surface area (Å²) >= 11 is 0. The lowest BCUT2D eigenvalue weighted by atomic mass is 10.1. The smallest absolute Gasteiger partial charge is 0.224 e. The van der Waals surface area contributed by atoms with Gasteiger partial charge in [0, 0.05) is 24.0 Å². The normalized spacial score (nSPS) is 10.6. The van der Waals surface area contributed by atoms with Crippen LogP contribution < -0.4 is 11.1 Å². The topological polar surface area (TPSA) is 118 Å². The predicted octanol–water partition coefficient (Wildman–Crippen LogP) is 2.28. The van der Waals surface area contributed by atoms with E-state index in [0.717, 1.165) is 16.5 Å². The SMILES string of the molecule is N#Cc1c(NCc2cc3ccccc3cn2)nc(N)nc1-n1cccn1. The van der Waals surface area contributed by atoms with Crippen molar-refractivity contribution in [3.63, 3.8) is 0 Å². The molecule has 4 rings (SSSR count). The van der Waals surface area contributed by atoms with E-state index in [1.807, 2.05) is 36.5 Å². The van der Waals surface area contributed by atoms with Gasteiger partial charge in [0.2, 0.25) is 5.95 Å². The molecule has 0 saturated heterocycles. The summed E-state index contributed by atoms with van der Waals surface area (Å²) < 4.78 is 1.48. The van der Waals surface area contributed by atoms with Crippen molar-refractivity contribution in [2.45, 2.75) is 6.54 Å². The Morgan fingerprint density at radius 3 is 2.77 bits per heavy atom. The van der Waals surface area contributed by atoms with Crippen LogP contribution in [0, 0.1) is 11.3 Å². The number of hydrogen-bond acceptors (Lipinski definition) is 7. The fourth-order valence-corrected chi connectivity index (χ4v) is 2.66. The van der Waals surface area contributed by atoms with Gasteiger partial charge in [0.25, 0.3) is 0 Å². The van der Waals surface area contributed by atoms with E-state index in [1.54, 1.807) is 18.5 Å². The van der Waals surface area contributed by atoms with Crippen molar-refractivity contribution in [1.82, 2.24) is 24.7 Å². The van der Waals surface area contributed by atoms with Crippen molar-refractivity contribution in [2.75, 3.05) is 11.1 Å². The summed E-state index contributed by atoms with van der Waals surface area (Å²) in [7, 11) is 0. The Morgan fingerprint density at radius 2 is 2.00 bits per heavy atom. The summed E-state index contributed by atoms with van der Waals surface area (Å²) in [6.45, 7) is 0.397. The maximum absolute atomic E-state index is 9.56. The van der Waals surface area contributed by atoms with E-state index in [1.165, 1.54) is 4.68 Å². The Morgan fingerprint density at radius 1 is 1.15 bits per heavy atom. The molecule has 4 aromatic rings. The molecular weight excluding hydrogens is 328 g/mol. The molecule has 0 aliphatic carbocycles. The summed E-state index contributed by atoms with van der Waals surface area (Å²) in [5, 5.41) is 19.0. The third-order valence-corrected chi connectivity index (χ3v) is 3.86. The second-order valence-electron chi connectivity index (χ2n) is 5.57. The highest BCUT2D eigenvalue weighted by Gasteiger charge is 2.15. The number of hydrogen-bond donors (Lipinski definition) is 2. The first-order valence-electron chi connectivity index (χ1n) is 7.90. The van der Waals surface area contributed by atoms with Gasteiger partial charge >= 0.3 is 0 Å². The first kappa shape index (κ1) is 15.5. The lowest BCUT2D eigenvalue weighted by Gasteiger charge is -2.11. The molecule has 8 nitrogen and oxygen atoms in total. The predicted molar refractivity (Wildman–Crippen MR) is 97.4 cm³/mol. The first-order valence-corrected chi connectivity index (χ1v) is 7.90. The monoisotopic (exact) mass is 342 g/mol. The number of nitriles is 1. The number of rotatable bonds is 4. The number of pyridine rings is 1. The lowest BCUT2D eigenvalue weighted by Crippen LogP contribution is -2.12. The molecule has 126 valence electrons. The van der Waals surface area contributed by atoms with Gasteiger partial charge in [-0.25, -0.2) is 4.68 Å². The second-order valence-corrected chi connectivity index (χ2v) is 5.57. The molecule has 0 bridgehead atoms. The molecule has 3 heterocycles. The summed E-state index contributed by atoms with van der Waals surface area (Å²) in [4.78, 5) is 12.7. The van der Waals surface area contributed by atoms with Gasteiger partial charge in [0.1, 0.15) is 11.6 Å². The van der Waals surface area contributed by atoms with Crippen LogP contribution in [0.25, 0.3) is 16.6 Å². The molecule has 1 aromatic carbocycles. The van der Waals surface area contributed by atoms with Gasteiger partial charge in [0.15, 0.2) is 11.6 Å². The van der Waals surface area contributed by atoms with E-state index >= 15 is 0 Å². The summed E-state index contributed by atoms with van der Waals surface area (Å²) in [6, 6.07) is 13.8. The van der Waals surface area contributed by atoms with E-state index in [9.17, 15) is 5.26 Å². The van der Waals surface area contributed by atoms with Crippen LogP contribution in [0.2, 0.25) is 0 Å². The molecule has 26 heavy (non-hydrogen) atoms. The molecule has 0 unspecified atom stereocenters. The lowest BCUT2D eigenvalue weighted by molar-refractivity contribution is 0.838. The van der Waals surface area contributed by atoms with Crippen molar-refractivity contribution < 1.29 is 0 Å². The fourth-order valence-electron chi connectivity index (χ4n) is 2.66. The molecule has 8 heteroatoms. The Balaban J connectivity index is 1.66. The molecule has 0 spiro atoms. The summed E-state index contributed by atoms with van der Waals surface area (Å²) in [6.07, 6.45) is 5.11. The highest BCUT2D eigenvalue weighted by Crippen LogP contribution is 2.21. The van der Waals surface area contributed by atoms with Crippen molar-refractivity contribution >= 4 is 22.5 Å². The number of nitrogens with two attached hydrogens (primary N) is 1. The van der Waals surface area contributed by atoms with Gasteiger partial charge < -0.3 is 11.1 Å². The molecule has 0 amide bonds. The zero-order chi connectivity index (χ0) is 17.9. The fraction of sp³-hybridized carbons (Fsp3) is 0.0556. The molecule has 0 saturated carbocycles. The minimum Gasteiger partial charge on any atom is -0.368 e. The van der Waals surface area contributed by atoms with E-state index in [-0.39, 0.29) is 11.5 Å². The number of nitrogens with zero attached hydrogens (tertiary/aromatic N) is 6. The quantitative estimate of drug-likeness (QED) is 0.584. The Hall–Kier alpha value is -3.99. The van der Waals surface area contributed by atoms with Crippen LogP contribution in [-0.4, -0.2) is 24.7 Å². The Labute approximate surface area is 149 Å². The minimum atomic E-state index is 0.0588. The number of anilines is 2. The number of nitrogens with one attached hydrogen (secondary N) is 1. The highest BCUT2D eigenvalue weighted by molar-refractivity contribution is 5.81. The van der Waals surface area contributed by atoms with Gasteiger partial charge in [0.05, 0.1) is 12.2 Å². The maximum Gasteiger partial charge on any atom is 0.224 e. The Bertz CT molecular complexity index is 1110. The summed E-state index contributed by atoms with van der Waals surface area (Å²) in [5.41, 5.74) is 6.90. The largest absolute Gasteiger partial charge is 0.368 e. The summed E-state index contributed by atoms with van der Waals surface area (Å²) in [5.74, 6) is 0.739. The molecule has 0 aliphatic rings. The molecule has 0 radical (unpaired) electrons. The van der Waals surface area contributed by atoms with E-state index < -0.39 is 0 Å². The number of benzene rings is 1. The van der Waals surface area contributed by atoms with Crippen LogP contribution in [0.4, 0.5) is 11.8 Å². The molecule has 0 fully saturated rings. The van der Waals surface area contributed by atoms with Crippen LogP contribution in [-0.2, 0) is 6.54 Å². The zero-order valence-electron chi connectivity index (χ0n) is 13.7. The Kier molecular flexibility index (Phi) is 3.88. The minimum absolute atomic E-state index is 0.0588. The number of nitrogen functional groups attached to an aromatic ring is 1. The zero-order valence-corrected chi connectivity index (χ0v) is 13.7. The van der Waals surface area contributed by atoms with Crippen LogP contribution in [0.3, 0.4) is 0 Å². The molecule has 3 N–H and O–H groups in total. The molecule has 0 atom stereocenters. The molecular formula is C18H14N8. The molecule has 0 aliphatic heterocycles. The average Bonchev–Trinajstić information content (AvgIpc) is 3.20. The van der Waals surface area contributed by atoms with Crippen LogP contribution in [0.5, 0.6) is 0 Å². The van der Waals surface area contributed by atoms with Gasteiger partial charge in [-0.1, -0.05) is 24.3 Å². The van der Waals surface area contributed by atoms with E-state index in [2.05, 4.69) is 31.4 Å². The van der Waals surface area contributed by atoms with Crippen LogP contribution >= 0.6 is 0 Å². The van der Waals surface area contributed by atoms with Crippen molar-refractivity contribution in [1.29, 1.82) is 5.26 Å². The van der Waals surface area contributed by atoms with Gasteiger partial charge in [-0.05, 0) is 17.5 Å². The first-order chi connectivity index (χ1) is 12.7. The highest BCUT2D eigenvalue weighted by atomic mass is 15.3. The van der Waals surface area contributed by atoms with Crippen molar-refractivity contribution in [3.8, 4) is 11.9 Å². The number of fused-ring (bicyclic) bond motifs is 1. The van der Waals surface area contributed by atoms with Crippen LogP contribution in [0.1, 0.15) is 11.3 Å². The average molecular weight is 342 g/mol. The van der Waals surface area contributed by atoms with Gasteiger partial charge in [-0.3, -0.25) is 4.98 Å². The van der Waals surface area contributed by atoms with E-state index in [4.69, 9.17) is 5.73 Å². The van der Waals surface area contributed by atoms with Crippen molar-refractivity contribution in [2.24, 2.45) is 0 Å². The van der Waals surface area contributed by atoms with E-state index in [0.29, 0.717) is 18.2 Å². The second kappa shape index (κ2) is 6.49. The maximum atomic E-state index is 9.56. The van der Waals surface area contributed by atoms with Crippen LogP contribution in [0.15, 0.2) is 55.0 Å². The van der Waals surface area contributed by atoms with Gasteiger partial charge in [-0.2, -0.15) is 20.3 Å². The van der Waals surface area contributed by atoms with Gasteiger partial charge in [-0.15, -0.1) is 0 Å². The standard InChI is InChI=1S/C18H14N8/c19-9-15-16(24-18(20)25-17(15)26-7-3-6-23-26)22-11-14-8-12-4-1-2-5-13(12)10-21-14/h1-8,10H,11H2,(H3,20,22,24,25). The third kappa shape index (κ3) is 2.89. The number of aromatic nitrogens is 5.